The third-order valence-corrected chi connectivity index (χ3v) is 2.90. The van der Waals surface area contributed by atoms with Crippen LogP contribution in [0.2, 0.25) is 0 Å². The lowest BCUT2D eigenvalue weighted by Crippen LogP contribution is -2.01. The summed E-state index contributed by atoms with van der Waals surface area (Å²) in [5.41, 5.74) is 2.50. The Bertz CT molecular complexity index is 606. The lowest BCUT2D eigenvalue weighted by Gasteiger charge is -2.10. The van der Waals surface area contributed by atoms with E-state index < -0.39 is 5.97 Å². The van der Waals surface area contributed by atoms with E-state index in [0.717, 1.165) is 16.7 Å². The van der Waals surface area contributed by atoms with Crippen molar-refractivity contribution < 1.29 is 19.0 Å². The van der Waals surface area contributed by atoms with Crippen LogP contribution in [0.25, 0.3) is 0 Å². The first-order valence-corrected chi connectivity index (χ1v) is 6.23. The molecular formula is C16H15FO3. The Hall–Kier alpha value is -2.36. The van der Waals surface area contributed by atoms with Gasteiger partial charge in [0.05, 0.1) is 6.42 Å². The molecule has 0 aromatic heterocycles. The molecule has 2 aromatic carbocycles. The average Bonchev–Trinajstić information content (AvgIpc) is 2.39. The van der Waals surface area contributed by atoms with Gasteiger partial charge in [-0.15, -0.1) is 0 Å². The number of ether oxygens (including phenoxy) is 1. The summed E-state index contributed by atoms with van der Waals surface area (Å²) in [5.74, 6) is -0.434. The van der Waals surface area contributed by atoms with E-state index in [1.807, 2.05) is 6.92 Å². The molecule has 20 heavy (non-hydrogen) atoms. The summed E-state index contributed by atoms with van der Waals surface area (Å²) >= 11 is 0. The maximum Gasteiger partial charge on any atom is 0.307 e. The molecule has 0 aliphatic heterocycles. The van der Waals surface area contributed by atoms with Gasteiger partial charge < -0.3 is 9.84 Å². The third-order valence-electron chi connectivity index (χ3n) is 2.90. The summed E-state index contributed by atoms with van der Waals surface area (Å²) in [5, 5.41) is 8.74. The molecule has 104 valence electrons. The molecular weight excluding hydrogens is 259 g/mol. The van der Waals surface area contributed by atoms with Crippen molar-refractivity contribution >= 4 is 5.97 Å². The Kier molecular flexibility index (Phi) is 4.35. The van der Waals surface area contributed by atoms with Gasteiger partial charge in [0.1, 0.15) is 18.2 Å². The molecule has 0 fully saturated rings. The number of rotatable bonds is 5. The monoisotopic (exact) mass is 274 g/mol. The van der Waals surface area contributed by atoms with Crippen LogP contribution in [0.15, 0.2) is 42.5 Å². The molecule has 0 saturated heterocycles. The molecule has 2 aromatic rings. The lowest BCUT2D eigenvalue weighted by atomic mass is 10.1. The molecule has 0 aliphatic carbocycles. The molecule has 0 radical (unpaired) electrons. The van der Waals surface area contributed by atoms with E-state index in [0.29, 0.717) is 12.4 Å². The summed E-state index contributed by atoms with van der Waals surface area (Å²) in [7, 11) is 0. The van der Waals surface area contributed by atoms with Crippen LogP contribution in [0.1, 0.15) is 16.7 Å². The third kappa shape index (κ3) is 3.82. The van der Waals surface area contributed by atoms with Gasteiger partial charge in [-0.1, -0.05) is 24.3 Å². The van der Waals surface area contributed by atoms with Gasteiger partial charge in [-0.3, -0.25) is 4.79 Å². The van der Waals surface area contributed by atoms with E-state index >= 15 is 0 Å². The van der Waals surface area contributed by atoms with Crippen LogP contribution >= 0.6 is 0 Å². The van der Waals surface area contributed by atoms with E-state index in [-0.39, 0.29) is 12.2 Å². The first-order chi connectivity index (χ1) is 9.54. The van der Waals surface area contributed by atoms with Crippen molar-refractivity contribution in [2.75, 3.05) is 0 Å². The predicted molar refractivity (Wildman–Crippen MR) is 73.3 cm³/mol. The number of aryl methyl sites for hydroxylation is 1. The standard InChI is InChI=1S/C16H15FO3/c1-11-8-13(9-16(18)19)4-7-15(11)20-10-12-2-5-14(17)6-3-12/h2-8H,9-10H2,1H3,(H,18,19). The van der Waals surface area contributed by atoms with Gasteiger partial charge in [-0.05, 0) is 41.8 Å². The second-order valence-corrected chi connectivity index (χ2v) is 4.59. The minimum Gasteiger partial charge on any atom is -0.489 e. The number of benzene rings is 2. The average molecular weight is 274 g/mol. The highest BCUT2D eigenvalue weighted by Gasteiger charge is 2.05. The zero-order valence-electron chi connectivity index (χ0n) is 11.1. The number of carboxylic acid groups (broad SMARTS) is 1. The predicted octanol–water partition coefficient (Wildman–Crippen LogP) is 3.34. The molecule has 0 unspecified atom stereocenters. The fourth-order valence-electron chi connectivity index (χ4n) is 1.90. The molecule has 0 bridgehead atoms. The van der Waals surface area contributed by atoms with Crippen LogP contribution in [-0.4, -0.2) is 11.1 Å². The summed E-state index contributed by atoms with van der Waals surface area (Å²) in [6.45, 7) is 2.21. The van der Waals surface area contributed by atoms with Crippen molar-refractivity contribution in [3.63, 3.8) is 0 Å². The Balaban J connectivity index is 2.02. The van der Waals surface area contributed by atoms with Gasteiger partial charge in [0.15, 0.2) is 0 Å². The molecule has 3 nitrogen and oxygen atoms in total. The second-order valence-electron chi connectivity index (χ2n) is 4.59. The van der Waals surface area contributed by atoms with Gasteiger partial charge >= 0.3 is 5.97 Å². The fraction of sp³-hybridized carbons (Fsp3) is 0.188. The number of carbonyl (C=O) groups is 1. The highest BCUT2D eigenvalue weighted by molar-refractivity contribution is 5.70. The van der Waals surface area contributed by atoms with Crippen molar-refractivity contribution in [3.8, 4) is 5.75 Å². The van der Waals surface area contributed by atoms with Crippen LogP contribution in [0, 0.1) is 12.7 Å². The summed E-state index contributed by atoms with van der Waals surface area (Å²) in [4.78, 5) is 10.6. The summed E-state index contributed by atoms with van der Waals surface area (Å²) in [6, 6.07) is 11.4. The number of halogens is 1. The van der Waals surface area contributed by atoms with E-state index in [1.165, 1.54) is 12.1 Å². The Morgan fingerprint density at radius 1 is 1.15 bits per heavy atom. The fourth-order valence-corrected chi connectivity index (χ4v) is 1.90. The smallest absolute Gasteiger partial charge is 0.307 e. The minimum absolute atomic E-state index is 0.000911. The summed E-state index contributed by atoms with van der Waals surface area (Å²) < 4.78 is 18.4. The first-order valence-electron chi connectivity index (χ1n) is 6.23. The van der Waals surface area contributed by atoms with Crippen molar-refractivity contribution in [2.24, 2.45) is 0 Å². The molecule has 2 rings (SSSR count). The van der Waals surface area contributed by atoms with Gasteiger partial charge in [0.2, 0.25) is 0 Å². The molecule has 0 amide bonds. The topological polar surface area (TPSA) is 46.5 Å². The highest BCUT2D eigenvalue weighted by Crippen LogP contribution is 2.20. The Morgan fingerprint density at radius 3 is 2.40 bits per heavy atom. The van der Waals surface area contributed by atoms with Crippen molar-refractivity contribution in [1.29, 1.82) is 0 Å². The first kappa shape index (κ1) is 14.1. The minimum atomic E-state index is -0.857. The normalized spacial score (nSPS) is 10.3. The van der Waals surface area contributed by atoms with Gasteiger partial charge in [0.25, 0.3) is 0 Å². The largest absolute Gasteiger partial charge is 0.489 e. The molecule has 1 N–H and O–H groups in total. The summed E-state index contributed by atoms with van der Waals surface area (Å²) in [6.07, 6.45) is -0.000911. The second kappa shape index (κ2) is 6.19. The Morgan fingerprint density at radius 2 is 1.80 bits per heavy atom. The van der Waals surface area contributed by atoms with Gasteiger partial charge in [-0.2, -0.15) is 0 Å². The zero-order chi connectivity index (χ0) is 14.5. The van der Waals surface area contributed by atoms with E-state index in [4.69, 9.17) is 9.84 Å². The molecule has 0 atom stereocenters. The molecule has 0 spiro atoms. The van der Waals surface area contributed by atoms with Crippen LogP contribution in [0.4, 0.5) is 4.39 Å². The molecule has 0 saturated carbocycles. The van der Waals surface area contributed by atoms with Crippen molar-refractivity contribution in [3.05, 3.63) is 65.0 Å². The maximum atomic E-state index is 12.8. The SMILES string of the molecule is Cc1cc(CC(=O)O)ccc1OCc1ccc(F)cc1. The number of hydrogen-bond acceptors (Lipinski definition) is 2. The van der Waals surface area contributed by atoms with Crippen molar-refractivity contribution in [1.82, 2.24) is 0 Å². The Labute approximate surface area is 116 Å². The number of aliphatic carboxylic acids is 1. The molecule has 4 heteroatoms. The van der Waals surface area contributed by atoms with Crippen LogP contribution in [0.3, 0.4) is 0 Å². The van der Waals surface area contributed by atoms with Crippen LogP contribution in [-0.2, 0) is 17.8 Å². The van der Waals surface area contributed by atoms with Gasteiger partial charge in [-0.25, -0.2) is 4.39 Å². The zero-order valence-corrected chi connectivity index (χ0v) is 11.1. The molecule has 0 aliphatic rings. The quantitative estimate of drug-likeness (QED) is 0.909. The van der Waals surface area contributed by atoms with Crippen LogP contribution < -0.4 is 4.74 Å². The van der Waals surface area contributed by atoms with E-state index in [9.17, 15) is 9.18 Å². The van der Waals surface area contributed by atoms with Crippen LogP contribution in [0.5, 0.6) is 5.75 Å². The van der Waals surface area contributed by atoms with Crippen molar-refractivity contribution in [2.45, 2.75) is 20.0 Å². The lowest BCUT2D eigenvalue weighted by molar-refractivity contribution is -0.136. The number of hydrogen-bond donors (Lipinski definition) is 1. The maximum absolute atomic E-state index is 12.8. The van der Waals surface area contributed by atoms with Gasteiger partial charge in [0, 0.05) is 0 Å². The van der Waals surface area contributed by atoms with E-state index in [2.05, 4.69) is 0 Å². The van der Waals surface area contributed by atoms with E-state index in [1.54, 1.807) is 30.3 Å². The number of carboxylic acids is 1. The molecule has 0 heterocycles. The highest BCUT2D eigenvalue weighted by atomic mass is 19.1.